The van der Waals surface area contributed by atoms with Gasteiger partial charge in [-0.15, -0.1) is 0 Å². The Morgan fingerprint density at radius 3 is 2.25 bits per heavy atom. The van der Waals surface area contributed by atoms with Crippen LogP contribution in [0, 0.1) is 0 Å². The van der Waals surface area contributed by atoms with Crippen LogP contribution >= 0.6 is 0 Å². The van der Waals surface area contributed by atoms with Crippen molar-refractivity contribution >= 4 is 11.9 Å². The smallest absolute Gasteiger partial charge is 0.305 e. The van der Waals surface area contributed by atoms with E-state index in [9.17, 15) is 9.59 Å². The van der Waals surface area contributed by atoms with Crippen LogP contribution in [-0.2, 0) is 14.3 Å². The monoisotopic (exact) mass is 232 g/mol. The van der Waals surface area contributed by atoms with Crippen molar-refractivity contribution in [1.82, 2.24) is 9.80 Å². The first-order valence-corrected chi connectivity index (χ1v) is 5.10. The number of carboxylic acid groups (broad SMARTS) is 1. The maximum Gasteiger partial charge on any atom is 0.305 e. The van der Waals surface area contributed by atoms with Gasteiger partial charge in [0.1, 0.15) is 6.61 Å². The number of ether oxygens (including phenoxy) is 1. The van der Waals surface area contributed by atoms with Crippen LogP contribution in [0.2, 0.25) is 0 Å². The molecule has 6 heteroatoms. The van der Waals surface area contributed by atoms with Gasteiger partial charge in [0.2, 0.25) is 5.91 Å². The van der Waals surface area contributed by atoms with E-state index in [1.807, 2.05) is 19.0 Å². The van der Waals surface area contributed by atoms with Crippen molar-refractivity contribution in [3.05, 3.63) is 0 Å². The van der Waals surface area contributed by atoms with Gasteiger partial charge in [-0.05, 0) is 14.1 Å². The number of aliphatic carboxylic acids is 1. The second-order valence-corrected chi connectivity index (χ2v) is 3.76. The van der Waals surface area contributed by atoms with Crippen molar-refractivity contribution in [3.63, 3.8) is 0 Å². The molecule has 1 amide bonds. The highest BCUT2D eigenvalue weighted by Gasteiger charge is 2.14. The van der Waals surface area contributed by atoms with Gasteiger partial charge in [0.05, 0.1) is 6.42 Å². The Kier molecular flexibility index (Phi) is 7.49. The summed E-state index contributed by atoms with van der Waals surface area (Å²) in [6.45, 7) is 1.44. The van der Waals surface area contributed by atoms with Gasteiger partial charge in [-0.2, -0.15) is 0 Å². The minimum atomic E-state index is -0.903. The van der Waals surface area contributed by atoms with E-state index in [4.69, 9.17) is 9.84 Å². The molecule has 0 aliphatic heterocycles. The molecule has 0 aliphatic rings. The molecule has 6 nitrogen and oxygen atoms in total. The van der Waals surface area contributed by atoms with Gasteiger partial charge >= 0.3 is 5.97 Å². The van der Waals surface area contributed by atoms with Crippen molar-refractivity contribution in [2.75, 3.05) is 47.4 Å². The number of methoxy groups -OCH3 is 1. The largest absolute Gasteiger partial charge is 0.481 e. The van der Waals surface area contributed by atoms with E-state index in [0.29, 0.717) is 13.1 Å². The predicted octanol–water partition coefficient (Wildman–Crippen LogP) is -0.502. The second-order valence-electron chi connectivity index (χ2n) is 3.76. The Morgan fingerprint density at radius 1 is 1.19 bits per heavy atom. The number of carboxylic acids is 1. The van der Waals surface area contributed by atoms with Crippen LogP contribution in [0.5, 0.6) is 0 Å². The average molecular weight is 232 g/mol. The standard InChI is InChI=1S/C10H20N2O4/c1-11(2)6-7-12(5-4-10(14)15)9(13)8-16-3/h4-8H2,1-3H3,(H,14,15). The van der Waals surface area contributed by atoms with Crippen molar-refractivity contribution in [3.8, 4) is 0 Å². The van der Waals surface area contributed by atoms with Crippen molar-refractivity contribution in [1.29, 1.82) is 0 Å². The zero-order valence-corrected chi connectivity index (χ0v) is 10.1. The van der Waals surface area contributed by atoms with Gasteiger partial charge in [0.15, 0.2) is 0 Å². The Balaban J connectivity index is 4.14. The number of nitrogens with zero attached hydrogens (tertiary/aromatic N) is 2. The summed E-state index contributed by atoms with van der Waals surface area (Å²) in [6, 6.07) is 0. The number of amides is 1. The summed E-state index contributed by atoms with van der Waals surface area (Å²) >= 11 is 0. The fourth-order valence-electron chi connectivity index (χ4n) is 1.13. The molecule has 0 aromatic heterocycles. The molecule has 0 saturated carbocycles. The number of carbonyl (C=O) groups excluding carboxylic acids is 1. The van der Waals surface area contributed by atoms with Gasteiger partial charge in [-0.3, -0.25) is 9.59 Å². The van der Waals surface area contributed by atoms with E-state index < -0.39 is 5.97 Å². The van der Waals surface area contributed by atoms with Crippen molar-refractivity contribution < 1.29 is 19.4 Å². The van der Waals surface area contributed by atoms with Crippen LogP contribution in [0.4, 0.5) is 0 Å². The van der Waals surface area contributed by atoms with E-state index in [1.54, 1.807) is 0 Å². The zero-order chi connectivity index (χ0) is 12.6. The maximum atomic E-state index is 11.6. The van der Waals surface area contributed by atoms with E-state index in [1.165, 1.54) is 12.0 Å². The van der Waals surface area contributed by atoms with Crippen LogP contribution in [0.3, 0.4) is 0 Å². The lowest BCUT2D eigenvalue weighted by molar-refractivity contribution is -0.139. The molecule has 0 aromatic rings. The summed E-state index contributed by atoms with van der Waals surface area (Å²) in [5, 5.41) is 8.57. The summed E-state index contributed by atoms with van der Waals surface area (Å²) in [5.41, 5.74) is 0. The SMILES string of the molecule is COCC(=O)N(CCC(=O)O)CCN(C)C. The molecule has 0 saturated heterocycles. The van der Waals surface area contributed by atoms with Gasteiger partial charge in [-0.1, -0.05) is 0 Å². The molecule has 0 aromatic carbocycles. The maximum absolute atomic E-state index is 11.6. The minimum Gasteiger partial charge on any atom is -0.481 e. The van der Waals surface area contributed by atoms with Gasteiger partial charge in [-0.25, -0.2) is 0 Å². The molecule has 0 fully saturated rings. The molecule has 0 radical (unpaired) electrons. The molecule has 0 unspecified atom stereocenters. The van der Waals surface area contributed by atoms with Crippen LogP contribution in [0.15, 0.2) is 0 Å². The normalized spacial score (nSPS) is 10.5. The zero-order valence-electron chi connectivity index (χ0n) is 10.1. The Bertz CT molecular complexity index is 231. The van der Waals surface area contributed by atoms with Gasteiger partial charge < -0.3 is 19.6 Å². The summed E-state index contributed by atoms with van der Waals surface area (Å²) in [5.74, 6) is -1.08. The Labute approximate surface area is 95.8 Å². The number of rotatable bonds is 8. The molecule has 0 spiro atoms. The molecule has 94 valence electrons. The van der Waals surface area contributed by atoms with Gasteiger partial charge in [0, 0.05) is 26.7 Å². The van der Waals surface area contributed by atoms with Crippen LogP contribution in [-0.4, -0.2) is 74.2 Å². The first-order chi connectivity index (χ1) is 7.47. The van der Waals surface area contributed by atoms with E-state index in [-0.39, 0.29) is 25.5 Å². The molecule has 0 aliphatic carbocycles. The average Bonchev–Trinajstić information content (AvgIpc) is 2.17. The van der Waals surface area contributed by atoms with E-state index >= 15 is 0 Å². The molecule has 0 bridgehead atoms. The fourth-order valence-corrected chi connectivity index (χ4v) is 1.13. The lowest BCUT2D eigenvalue weighted by atomic mass is 10.3. The molecular weight excluding hydrogens is 212 g/mol. The lowest BCUT2D eigenvalue weighted by Crippen LogP contribution is -2.39. The van der Waals surface area contributed by atoms with Crippen LogP contribution in [0.25, 0.3) is 0 Å². The molecular formula is C10H20N2O4. The molecule has 1 N–H and O–H groups in total. The van der Waals surface area contributed by atoms with E-state index in [0.717, 1.165) is 0 Å². The van der Waals surface area contributed by atoms with Crippen molar-refractivity contribution in [2.24, 2.45) is 0 Å². The summed E-state index contributed by atoms with van der Waals surface area (Å²) < 4.78 is 4.75. The molecule has 0 rings (SSSR count). The highest BCUT2D eigenvalue weighted by atomic mass is 16.5. The topological polar surface area (TPSA) is 70.1 Å². The van der Waals surface area contributed by atoms with Crippen LogP contribution < -0.4 is 0 Å². The van der Waals surface area contributed by atoms with Crippen molar-refractivity contribution in [2.45, 2.75) is 6.42 Å². The summed E-state index contributed by atoms with van der Waals surface area (Å²) in [6.07, 6.45) is -0.0388. The van der Waals surface area contributed by atoms with E-state index in [2.05, 4.69) is 0 Å². The quantitative estimate of drug-likeness (QED) is 0.611. The van der Waals surface area contributed by atoms with Crippen LogP contribution in [0.1, 0.15) is 6.42 Å². The predicted molar refractivity (Wildman–Crippen MR) is 59.3 cm³/mol. The molecule has 16 heavy (non-hydrogen) atoms. The highest BCUT2D eigenvalue weighted by Crippen LogP contribution is 1.95. The van der Waals surface area contributed by atoms with Gasteiger partial charge in [0.25, 0.3) is 0 Å². The number of likely N-dealkylation sites (N-methyl/N-ethyl adjacent to an activating group) is 1. The third-order valence-corrected chi connectivity index (χ3v) is 2.03. The summed E-state index contributed by atoms with van der Waals surface area (Å²) in [7, 11) is 5.24. The molecule has 0 atom stereocenters. The first-order valence-electron chi connectivity index (χ1n) is 5.10. The fraction of sp³-hybridized carbons (Fsp3) is 0.800. The Morgan fingerprint density at radius 2 is 1.81 bits per heavy atom. The summed E-state index contributed by atoms with van der Waals surface area (Å²) in [4.78, 5) is 25.5. The highest BCUT2D eigenvalue weighted by molar-refractivity contribution is 5.78. The third-order valence-electron chi connectivity index (χ3n) is 2.03. The second kappa shape index (κ2) is 8.06. The molecule has 0 heterocycles. The number of hydrogen-bond donors (Lipinski definition) is 1. The third kappa shape index (κ3) is 7.19. The number of hydrogen-bond acceptors (Lipinski definition) is 4. The first kappa shape index (κ1) is 14.9. The lowest BCUT2D eigenvalue weighted by Gasteiger charge is -2.23. The number of carbonyl (C=O) groups is 2. The minimum absolute atomic E-state index is 0.00690. The Hall–Kier alpha value is -1.14.